The molecule has 0 bridgehead atoms. The minimum absolute atomic E-state index is 0.135. The molecule has 1 atom stereocenters. The fourth-order valence-corrected chi connectivity index (χ4v) is 2.21. The molecule has 1 aliphatic rings. The van der Waals surface area contributed by atoms with Gasteiger partial charge < -0.3 is 10.1 Å². The van der Waals surface area contributed by atoms with Gasteiger partial charge in [0.05, 0.1) is 12.1 Å². The Balaban J connectivity index is 2.23. The van der Waals surface area contributed by atoms with Gasteiger partial charge in [-0.2, -0.15) is 0 Å². The zero-order chi connectivity index (χ0) is 11.1. The number of rotatable bonds is 5. The van der Waals surface area contributed by atoms with Crippen LogP contribution >= 0.6 is 15.9 Å². The van der Waals surface area contributed by atoms with Crippen molar-refractivity contribution < 1.29 is 9.53 Å². The van der Waals surface area contributed by atoms with E-state index in [2.05, 4.69) is 28.2 Å². The molecular weight excluding hydrogens is 258 g/mol. The predicted octanol–water partition coefficient (Wildman–Crippen LogP) is 2.24. The summed E-state index contributed by atoms with van der Waals surface area (Å²) in [7, 11) is 0. The minimum Gasteiger partial charge on any atom is -0.379 e. The Morgan fingerprint density at radius 2 is 2.33 bits per heavy atom. The molecule has 1 unspecified atom stereocenters. The Kier molecular flexibility index (Phi) is 5.61. The van der Waals surface area contributed by atoms with E-state index in [1.165, 1.54) is 0 Å². The summed E-state index contributed by atoms with van der Waals surface area (Å²) < 4.78 is 5.39. The largest absolute Gasteiger partial charge is 0.379 e. The summed E-state index contributed by atoms with van der Waals surface area (Å²) in [5, 5.41) is 4.05. The van der Waals surface area contributed by atoms with Crippen LogP contribution in [0.3, 0.4) is 0 Å². The Labute approximate surface area is 100 Å². The highest BCUT2D eigenvalue weighted by Crippen LogP contribution is 2.18. The van der Waals surface area contributed by atoms with Crippen molar-refractivity contribution in [2.24, 2.45) is 0 Å². The number of carbonyl (C=O) groups excluding carboxylic acids is 1. The van der Waals surface area contributed by atoms with Gasteiger partial charge in [0.15, 0.2) is 0 Å². The first-order chi connectivity index (χ1) is 7.16. The van der Waals surface area contributed by atoms with Crippen molar-refractivity contribution in [2.75, 3.05) is 18.5 Å². The average Bonchev–Trinajstić information content (AvgIpc) is 2.18. The van der Waals surface area contributed by atoms with Crippen LogP contribution in [0.2, 0.25) is 0 Å². The van der Waals surface area contributed by atoms with E-state index in [1.54, 1.807) is 0 Å². The van der Waals surface area contributed by atoms with Gasteiger partial charge in [0, 0.05) is 18.4 Å². The monoisotopic (exact) mass is 277 g/mol. The van der Waals surface area contributed by atoms with E-state index in [0.717, 1.165) is 37.6 Å². The first-order valence-corrected chi connectivity index (χ1v) is 6.73. The SMILES string of the molecule is CC1(NC(=O)CCCCBr)CCCOC1. The van der Waals surface area contributed by atoms with E-state index < -0.39 is 0 Å². The van der Waals surface area contributed by atoms with E-state index >= 15 is 0 Å². The lowest BCUT2D eigenvalue weighted by Gasteiger charge is -2.34. The molecule has 1 aliphatic heterocycles. The van der Waals surface area contributed by atoms with Crippen LogP contribution in [0, 0.1) is 0 Å². The Morgan fingerprint density at radius 1 is 1.53 bits per heavy atom. The summed E-state index contributed by atoms with van der Waals surface area (Å²) in [5.74, 6) is 0.156. The molecular formula is C11H20BrNO2. The fourth-order valence-electron chi connectivity index (χ4n) is 1.81. The maximum absolute atomic E-state index is 11.6. The quantitative estimate of drug-likeness (QED) is 0.618. The van der Waals surface area contributed by atoms with E-state index in [9.17, 15) is 4.79 Å². The number of nitrogens with one attached hydrogen (secondary N) is 1. The topological polar surface area (TPSA) is 38.3 Å². The third-order valence-electron chi connectivity index (χ3n) is 2.67. The van der Waals surface area contributed by atoms with Crippen LogP contribution in [0.15, 0.2) is 0 Å². The van der Waals surface area contributed by atoms with Crippen LogP contribution < -0.4 is 5.32 Å². The highest BCUT2D eigenvalue weighted by atomic mass is 79.9. The molecule has 1 rings (SSSR count). The molecule has 0 aromatic heterocycles. The molecule has 0 spiro atoms. The normalized spacial score (nSPS) is 26.3. The summed E-state index contributed by atoms with van der Waals surface area (Å²) in [6, 6.07) is 0. The fraction of sp³-hybridized carbons (Fsp3) is 0.909. The van der Waals surface area contributed by atoms with E-state index in [-0.39, 0.29) is 11.4 Å². The molecule has 3 nitrogen and oxygen atoms in total. The molecule has 0 radical (unpaired) electrons. The van der Waals surface area contributed by atoms with Gasteiger partial charge >= 0.3 is 0 Å². The van der Waals surface area contributed by atoms with Crippen LogP contribution in [0.5, 0.6) is 0 Å². The Hall–Kier alpha value is -0.0900. The second kappa shape index (κ2) is 6.48. The molecule has 15 heavy (non-hydrogen) atoms. The number of amides is 1. The Bertz CT molecular complexity index is 203. The summed E-state index contributed by atoms with van der Waals surface area (Å²) in [4.78, 5) is 11.6. The highest BCUT2D eigenvalue weighted by Gasteiger charge is 2.28. The molecule has 0 aromatic carbocycles. The summed E-state index contributed by atoms with van der Waals surface area (Å²) in [6.07, 6.45) is 4.70. The van der Waals surface area contributed by atoms with E-state index in [0.29, 0.717) is 13.0 Å². The molecule has 1 N–H and O–H groups in total. The van der Waals surface area contributed by atoms with E-state index in [1.807, 2.05) is 0 Å². The standard InChI is InChI=1S/C11H20BrNO2/c1-11(6-4-8-15-9-11)13-10(14)5-2-3-7-12/h2-9H2,1H3,(H,13,14). The third kappa shape index (κ3) is 4.98. The smallest absolute Gasteiger partial charge is 0.220 e. The maximum Gasteiger partial charge on any atom is 0.220 e. The van der Waals surface area contributed by atoms with Gasteiger partial charge in [0.2, 0.25) is 5.91 Å². The number of hydrogen-bond donors (Lipinski definition) is 1. The van der Waals surface area contributed by atoms with Gasteiger partial charge in [-0.25, -0.2) is 0 Å². The second-order valence-corrected chi connectivity index (χ2v) is 5.20. The van der Waals surface area contributed by atoms with Crippen LogP contribution in [0.25, 0.3) is 0 Å². The summed E-state index contributed by atoms with van der Waals surface area (Å²) in [6.45, 7) is 3.54. The first kappa shape index (κ1) is 13.0. The lowest BCUT2D eigenvalue weighted by Crippen LogP contribution is -2.51. The van der Waals surface area contributed by atoms with Crippen molar-refractivity contribution in [1.82, 2.24) is 5.32 Å². The molecule has 1 heterocycles. The number of alkyl halides is 1. The van der Waals surface area contributed by atoms with Gasteiger partial charge in [-0.3, -0.25) is 4.79 Å². The van der Waals surface area contributed by atoms with Crippen LogP contribution in [0.1, 0.15) is 39.0 Å². The summed E-state index contributed by atoms with van der Waals surface area (Å²) in [5.41, 5.74) is -0.135. The molecule has 0 aliphatic carbocycles. The van der Waals surface area contributed by atoms with Gasteiger partial charge in [-0.05, 0) is 32.6 Å². The number of halogens is 1. The summed E-state index contributed by atoms with van der Waals surface area (Å²) >= 11 is 3.36. The lowest BCUT2D eigenvalue weighted by atomic mass is 9.94. The van der Waals surface area contributed by atoms with Crippen molar-refractivity contribution in [3.05, 3.63) is 0 Å². The maximum atomic E-state index is 11.6. The van der Waals surface area contributed by atoms with Crippen molar-refractivity contribution in [3.8, 4) is 0 Å². The highest BCUT2D eigenvalue weighted by molar-refractivity contribution is 9.09. The van der Waals surface area contributed by atoms with Crippen molar-refractivity contribution in [3.63, 3.8) is 0 Å². The van der Waals surface area contributed by atoms with Crippen LogP contribution in [-0.2, 0) is 9.53 Å². The van der Waals surface area contributed by atoms with Crippen LogP contribution in [0.4, 0.5) is 0 Å². The molecule has 4 heteroatoms. The first-order valence-electron chi connectivity index (χ1n) is 5.61. The van der Waals surface area contributed by atoms with Crippen LogP contribution in [-0.4, -0.2) is 30.0 Å². The van der Waals surface area contributed by atoms with Crippen molar-refractivity contribution in [2.45, 2.75) is 44.6 Å². The number of ether oxygens (including phenoxy) is 1. The Morgan fingerprint density at radius 3 is 2.93 bits per heavy atom. The number of unbranched alkanes of at least 4 members (excludes halogenated alkanes) is 1. The molecule has 1 saturated heterocycles. The molecule has 1 amide bonds. The molecule has 1 fully saturated rings. The van der Waals surface area contributed by atoms with Gasteiger partial charge in [0.25, 0.3) is 0 Å². The third-order valence-corrected chi connectivity index (χ3v) is 3.23. The van der Waals surface area contributed by atoms with Gasteiger partial charge in [0.1, 0.15) is 0 Å². The predicted molar refractivity (Wildman–Crippen MR) is 64.2 cm³/mol. The zero-order valence-corrected chi connectivity index (χ0v) is 10.9. The lowest BCUT2D eigenvalue weighted by molar-refractivity contribution is -0.124. The van der Waals surface area contributed by atoms with Gasteiger partial charge in [-0.15, -0.1) is 0 Å². The van der Waals surface area contributed by atoms with Gasteiger partial charge in [-0.1, -0.05) is 15.9 Å². The van der Waals surface area contributed by atoms with E-state index in [4.69, 9.17) is 4.74 Å². The molecule has 88 valence electrons. The zero-order valence-electron chi connectivity index (χ0n) is 9.35. The molecule has 0 saturated carbocycles. The minimum atomic E-state index is -0.135. The average molecular weight is 278 g/mol. The second-order valence-electron chi connectivity index (χ2n) is 4.41. The molecule has 0 aromatic rings. The number of carbonyl (C=O) groups is 1. The number of hydrogen-bond acceptors (Lipinski definition) is 2. The van der Waals surface area contributed by atoms with Crippen molar-refractivity contribution in [1.29, 1.82) is 0 Å². The van der Waals surface area contributed by atoms with Crippen molar-refractivity contribution >= 4 is 21.8 Å².